The highest BCUT2D eigenvalue weighted by Gasteiger charge is 2.18. The minimum absolute atomic E-state index is 0.109. The molecule has 0 saturated carbocycles. The maximum Gasteiger partial charge on any atom is 0.330 e. The first-order valence-electron chi connectivity index (χ1n) is 7.72. The van der Waals surface area contributed by atoms with E-state index in [-0.39, 0.29) is 19.2 Å². The average Bonchev–Trinajstić information content (AvgIpc) is 2.96. The van der Waals surface area contributed by atoms with E-state index in [1.54, 1.807) is 0 Å². The largest absolute Gasteiger partial charge is 0.461 e. The number of ether oxygens (including phenoxy) is 1. The van der Waals surface area contributed by atoms with E-state index in [1.165, 1.54) is 22.3 Å². The number of rotatable bonds is 5. The lowest BCUT2D eigenvalue weighted by molar-refractivity contribution is -0.137. The van der Waals surface area contributed by atoms with Crippen LogP contribution in [-0.2, 0) is 16.0 Å². The molecule has 0 saturated heterocycles. The molecule has 1 aliphatic rings. The maximum atomic E-state index is 11.9. The van der Waals surface area contributed by atoms with Gasteiger partial charge < -0.3 is 15.4 Å². The molecule has 2 amide bonds. The first-order chi connectivity index (χ1) is 11.7. The van der Waals surface area contributed by atoms with E-state index in [4.69, 9.17) is 4.74 Å². The van der Waals surface area contributed by atoms with Gasteiger partial charge in [-0.15, -0.1) is 0 Å². The van der Waals surface area contributed by atoms with E-state index in [0.717, 1.165) is 18.2 Å². The number of benzene rings is 2. The second-order valence-electron chi connectivity index (χ2n) is 5.46. The summed E-state index contributed by atoms with van der Waals surface area (Å²) >= 11 is 0. The number of urea groups is 1. The van der Waals surface area contributed by atoms with Crippen LogP contribution < -0.4 is 10.6 Å². The average molecular weight is 322 g/mol. The molecule has 0 aromatic heterocycles. The number of anilines is 1. The Morgan fingerprint density at radius 1 is 1.12 bits per heavy atom. The highest BCUT2D eigenvalue weighted by Crippen LogP contribution is 2.37. The highest BCUT2D eigenvalue weighted by atomic mass is 16.5. The van der Waals surface area contributed by atoms with Gasteiger partial charge in [0.1, 0.15) is 6.61 Å². The van der Waals surface area contributed by atoms with Gasteiger partial charge in [-0.25, -0.2) is 9.59 Å². The molecule has 0 unspecified atom stereocenters. The Kier molecular flexibility index (Phi) is 4.61. The summed E-state index contributed by atoms with van der Waals surface area (Å²) in [6, 6.07) is 13.9. The van der Waals surface area contributed by atoms with E-state index in [2.05, 4.69) is 29.3 Å². The van der Waals surface area contributed by atoms with Crippen molar-refractivity contribution in [3.8, 4) is 11.1 Å². The Balaban J connectivity index is 1.56. The summed E-state index contributed by atoms with van der Waals surface area (Å²) in [5.41, 5.74) is 5.72. The molecular weight excluding hydrogens is 304 g/mol. The van der Waals surface area contributed by atoms with Crippen LogP contribution in [0.15, 0.2) is 55.1 Å². The summed E-state index contributed by atoms with van der Waals surface area (Å²) < 4.78 is 4.79. The normalized spacial score (nSPS) is 11.2. The van der Waals surface area contributed by atoms with E-state index < -0.39 is 5.97 Å². The first kappa shape index (κ1) is 15.8. The molecule has 5 nitrogen and oxygen atoms in total. The molecule has 3 rings (SSSR count). The van der Waals surface area contributed by atoms with E-state index >= 15 is 0 Å². The number of carbonyl (C=O) groups is 2. The standard InChI is InChI=1S/C19H18N2O3/c1-2-18(22)24-10-9-20-19(23)21-15-7-8-17-14(12-15)11-13-5-3-4-6-16(13)17/h2-8,12H,1,9-11H2,(H2,20,21,23). The van der Waals surface area contributed by atoms with Gasteiger partial charge in [0.2, 0.25) is 0 Å². The number of hydrogen-bond acceptors (Lipinski definition) is 3. The number of hydrogen-bond donors (Lipinski definition) is 2. The fraction of sp³-hybridized carbons (Fsp3) is 0.158. The van der Waals surface area contributed by atoms with Crippen molar-refractivity contribution in [3.05, 3.63) is 66.2 Å². The van der Waals surface area contributed by atoms with Crippen molar-refractivity contribution in [1.82, 2.24) is 5.32 Å². The number of carbonyl (C=O) groups excluding carboxylic acids is 2. The molecule has 0 atom stereocenters. The second kappa shape index (κ2) is 7.00. The van der Waals surface area contributed by atoms with Crippen LogP contribution in [0, 0.1) is 0 Å². The smallest absolute Gasteiger partial charge is 0.330 e. The van der Waals surface area contributed by atoms with Crippen molar-refractivity contribution in [2.24, 2.45) is 0 Å². The van der Waals surface area contributed by atoms with Gasteiger partial charge in [0.15, 0.2) is 0 Å². The molecule has 0 spiro atoms. The number of fused-ring (bicyclic) bond motifs is 3. The predicted molar refractivity (Wildman–Crippen MR) is 92.9 cm³/mol. The summed E-state index contributed by atoms with van der Waals surface area (Å²) in [6.45, 7) is 3.65. The maximum absolute atomic E-state index is 11.9. The van der Waals surface area contributed by atoms with Gasteiger partial charge in [0.05, 0.1) is 6.54 Å². The van der Waals surface area contributed by atoms with Gasteiger partial charge in [-0.3, -0.25) is 0 Å². The molecule has 0 aliphatic heterocycles. The van der Waals surface area contributed by atoms with Crippen molar-refractivity contribution in [2.75, 3.05) is 18.5 Å². The fourth-order valence-corrected chi connectivity index (χ4v) is 2.77. The zero-order valence-electron chi connectivity index (χ0n) is 13.2. The molecule has 24 heavy (non-hydrogen) atoms. The third-order valence-electron chi connectivity index (χ3n) is 3.85. The molecule has 0 bridgehead atoms. The zero-order chi connectivity index (χ0) is 16.9. The zero-order valence-corrected chi connectivity index (χ0v) is 13.2. The molecule has 0 radical (unpaired) electrons. The summed E-state index contributed by atoms with van der Waals surface area (Å²) in [5, 5.41) is 5.42. The molecular formula is C19H18N2O3. The molecule has 2 aromatic carbocycles. The third kappa shape index (κ3) is 3.46. The predicted octanol–water partition coefficient (Wildman–Crippen LogP) is 3.11. The van der Waals surface area contributed by atoms with Crippen molar-refractivity contribution in [3.63, 3.8) is 0 Å². The van der Waals surface area contributed by atoms with Crippen molar-refractivity contribution < 1.29 is 14.3 Å². The highest BCUT2D eigenvalue weighted by molar-refractivity contribution is 5.90. The molecule has 122 valence electrons. The third-order valence-corrected chi connectivity index (χ3v) is 3.85. The Labute approximate surface area is 140 Å². The van der Waals surface area contributed by atoms with Crippen LogP contribution in [0.5, 0.6) is 0 Å². The van der Waals surface area contributed by atoms with E-state index in [9.17, 15) is 9.59 Å². The lowest BCUT2D eigenvalue weighted by atomic mass is 10.1. The SMILES string of the molecule is C=CC(=O)OCCNC(=O)Nc1ccc2c(c1)Cc1ccccc1-2. The van der Waals surface area contributed by atoms with Gasteiger partial charge in [0.25, 0.3) is 0 Å². The minimum atomic E-state index is -0.504. The van der Waals surface area contributed by atoms with Crippen LogP contribution in [0.25, 0.3) is 11.1 Å². The Morgan fingerprint density at radius 2 is 1.92 bits per heavy atom. The number of amides is 2. The van der Waals surface area contributed by atoms with Crippen LogP contribution in [0.1, 0.15) is 11.1 Å². The van der Waals surface area contributed by atoms with Crippen LogP contribution in [-0.4, -0.2) is 25.2 Å². The molecule has 0 fully saturated rings. The Bertz CT molecular complexity index is 799. The summed E-state index contributed by atoms with van der Waals surface area (Å²) in [7, 11) is 0. The number of esters is 1. The lowest BCUT2D eigenvalue weighted by Gasteiger charge is -2.09. The lowest BCUT2D eigenvalue weighted by Crippen LogP contribution is -2.32. The van der Waals surface area contributed by atoms with Gasteiger partial charge >= 0.3 is 12.0 Å². The van der Waals surface area contributed by atoms with Crippen LogP contribution >= 0.6 is 0 Å². The monoisotopic (exact) mass is 322 g/mol. The second-order valence-corrected chi connectivity index (χ2v) is 5.46. The van der Waals surface area contributed by atoms with Gasteiger partial charge in [-0.05, 0) is 40.8 Å². The molecule has 2 N–H and O–H groups in total. The summed E-state index contributed by atoms with van der Waals surface area (Å²) in [5.74, 6) is -0.504. The van der Waals surface area contributed by atoms with Crippen molar-refractivity contribution in [2.45, 2.75) is 6.42 Å². The molecule has 0 heterocycles. The summed E-state index contributed by atoms with van der Waals surface area (Å²) in [6.07, 6.45) is 1.96. The van der Waals surface area contributed by atoms with Crippen LogP contribution in [0.2, 0.25) is 0 Å². The van der Waals surface area contributed by atoms with Crippen LogP contribution in [0.3, 0.4) is 0 Å². The van der Waals surface area contributed by atoms with Crippen LogP contribution in [0.4, 0.5) is 10.5 Å². The molecule has 1 aliphatic carbocycles. The van der Waals surface area contributed by atoms with E-state index in [1.807, 2.05) is 30.3 Å². The first-order valence-corrected chi connectivity index (χ1v) is 7.72. The van der Waals surface area contributed by atoms with E-state index in [0.29, 0.717) is 0 Å². The summed E-state index contributed by atoms with van der Waals surface area (Å²) in [4.78, 5) is 22.7. The van der Waals surface area contributed by atoms with Crippen molar-refractivity contribution >= 4 is 17.7 Å². The van der Waals surface area contributed by atoms with Crippen molar-refractivity contribution in [1.29, 1.82) is 0 Å². The Hall–Kier alpha value is -3.08. The fourth-order valence-electron chi connectivity index (χ4n) is 2.77. The van der Waals surface area contributed by atoms with Gasteiger partial charge in [0, 0.05) is 11.8 Å². The Morgan fingerprint density at radius 3 is 2.75 bits per heavy atom. The molecule has 2 aromatic rings. The topological polar surface area (TPSA) is 67.4 Å². The minimum Gasteiger partial charge on any atom is -0.461 e. The quantitative estimate of drug-likeness (QED) is 0.431. The number of nitrogens with one attached hydrogen (secondary N) is 2. The van der Waals surface area contributed by atoms with Gasteiger partial charge in [-0.2, -0.15) is 0 Å². The molecule has 5 heteroatoms. The van der Waals surface area contributed by atoms with Gasteiger partial charge in [-0.1, -0.05) is 36.9 Å².